The fourth-order valence-corrected chi connectivity index (χ4v) is 2.80. The lowest BCUT2D eigenvalue weighted by molar-refractivity contribution is 0.121. The van der Waals surface area contributed by atoms with Gasteiger partial charge in [0.1, 0.15) is 0 Å². The summed E-state index contributed by atoms with van der Waals surface area (Å²) in [6.07, 6.45) is 0.828. The zero-order valence-corrected chi connectivity index (χ0v) is 11.0. The fourth-order valence-electron chi connectivity index (χ4n) is 1.84. The van der Waals surface area contributed by atoms with Crippen molar-refractivity contribution in [1.29, 1.82) is 0 Å². The van der Waals surface area contributed by atoms with Gasteiger partial charge in [-0.25, -0.2) is 0 Å². The molecule has 0 amide bonds. The van der Waals surface area contributed by atoms with Gasteiger partial charge in [0, 0.05) is 43.7 Å². The molecule has 2 atom stereocenters. The normalized spacial score (nSPS) is 21.9. The van der Waals surface area contributed by atoms with Crippen molar-refractivity contribution in [3.63, 3.8) is 0 Å². The summed E-state index contributed by atoms with van der Waals surface area (Å²) >= 11 is 1.83. The Kier molecular flexibility index (Phi) is 7.40. The number of aliphatic hydroxyl groups is 1. The SMILES string of the molecule is CC(CCN)SCC(O)CN1CCNCC1. The van der Waals surface area contributed by atoms with E-state index in [1.807, 2.05) is 11.8 Å². The molecule has 4 nitrogen and oxygen atoms in total. The molecule has 1 aliphatic heterocycles. The monoisotopic (exact) mass is 247 g/mol. The van der Waals surface area contributed by atoms with Gasteiger partial charge in [-0.05, 0) is 13.0 Å². The molecule has 5 heteroatoms. The number of nitrogens with two attached hydrogens (primary N) is 1. The van der Waals surface area contributed by atoms with Gasteiger partial charge in [-0.1, -0.05) is 6.92 Å². The number of rotatable bonds is 7. The van der Waals surface area contributed by atoms with Crippen LogP contribution in [0.4, 0.5) is 0 Å². The van der Waals surface area contributed by atoms with E-state index in [-0.39, 0.29) is 6.10 Å². The molecule has 16 heavy (non-hydrogen) atoms. The van der Waals surface area contributed by atoms with Crippen LogP contribution in [0.5, 0.6) is 0 Å². The van der Waals surface area contributed by atoms with Gasteiger partial charge in [-0.15, -0.1) is 0 Å². The van der Waals surface area contributed by atoms with E-state index in [2.05, 4.69) is 17.1 Å². The van der Waals surface area contributed by atoms with E-state index in [1.54, 1.807) is 0 Å². The van der Waals surface area contributed by atoms with Crippen LogP contribution in [0.2, 0.25) is 0 Å². The average Bonchev–Trinajstić information content (AvgIpc) is 2.28. The van der Waals surface area contributed by atoms with Crippen molar-refractivity contribution < 1.29 is 5.11 Å². The Bertz CT molecular complexity index is 177. The molecule has 0 aromatic heterocycles. The first kappa shape index (κ1) is 14.3. The quantitative estimate of drug-likeness (QED) is 0.578. The first-order valence-corrected chi connectivity index (χ1v) is 7.20. The second-order valence-corrected chi connectivity index (χ2v) is 5.90. The molecule has 0 aliphatic carbocycles. The second-order valence-electron chi connectivity index (χ2n) is 4.43. The first-order chi connectivity index (χ1) is 7.72. The minimum absolute atomic E-state index is 0.205. The Morgan fingerprint density at radius 2 is 2.12 bits per heavy atom. The Morgan fingerprint density at radius 1 is 1.44 bits per heavy atom. The average molecular weight is 247 g/mol. The number of hydrogen-bond acceptors (Lipinski definition) is 5. The van der Waals surface area contributed by atoms with Gasteiger partial charge < -0.3 is 16.2 Å². The maximum Gasteiger partial charge on any atom is 0.0757 e. The molecule has 1 fully saturated rings. The Labute approximate surface area is 103 Å². The van der Waals surface area contributed by atoms with Crippen molar-refractivity contribution in [3.05, 3.63) is 0 Å². The number of nitrogens with one attached hydrogen (secondary N) is 1. The lowest BCUT2D eigenvalue weighted by Gasteiger charge is -2.29. The van der Waals surface area contributed by atoms with Gasteiger partial charge in [0.2, 0.25) is 0 Å². The molecule has 1 heterocycles. The van der Waals surface area contributed by atoms with Crippen LogP contribution in [0.1, 0.15) is 13.3 Å². The lowest BCUT2D eigenvalue weighted by Crippen LogP contribution is -2.46. The lowest BCUT2D eigenvalue weighted by atomic mass is 10.3. The van der Waals surface area contributed by atoms with E-state index >= 15 is 0 Å². The van der Waals surface area contributed by atoms with Crippen LogP contribution in [0.3, 0.4) is 0 Å². The summed E-state index contributed by atoms with van der Waals surface area (Å²) in [4.78, 5) is 2.33. The smallest absolute Gasteiger partial charge is 0.0757 e. The highest BCUT2D eigenvalue weighted by Crippen LogP contribution is 2.14. The summed E-state index contributed by atoms with van der Waals surface area (Å²) in [5, 5.41) is 13.8. The molecule has 0 saturated carbocycles. The molecule has 0 radical (unpaired) electrons. The third kappa shape index (κ3) is 6.06. The largest absolute Gasteiger partial charge is 0.391 e. The predicted molar refractivity (Wildman–Crippen MR) is 70.9 cm³/mol. The number of aliphatic hydroxyl groups excluding tert-OH is 1. The maximum atomic E-state index is 9.90. The van der Waals surface area contributed by atoms with Crippen LogP contribution in [0, 0.1) is 0 Å². The van der Waals surface area contributed by atoms with E-state index in [1.165, 1.54) is 0 Å². The Morgan fingerprint density at radius 3 is 2.75 bits per heavy atom. The Balaban J connectivity index is 2.07. The molecule has 0 bridgehead atoms. The van der Waals surface area contributed by atoms with E-state index in [4.69, 9.17) is 5.73 Å². The predicted octanol–water partition coefficient (Wildman–Crippen LogP) is -0.277. The molecule has 4 N–H and O–H groups in total. The number of hydrogen-bond donors (Lipinski definition) is 3. The van der Waals surface area contributed by atoms with E-state index in [0.29, 0.717) is 5.25 Å². The molecular formula is C11H25N3OS. The van der Waals surface area contributed by atoms with Crippen molar-refractivity contribution in [2.45, 2.75) is 24.7 Å². The highest BCUT2D eigenvalue weighted by molar-refractivity contribution is 7.99. The van der Waals surface area contributed by atoms with Gasteiger partial charge >= 0.3 is 0 Å². The summed E-state index contributed by atoms with van der Waals surface area (Å²) in [6, 6.07) is 0. The van der Waals surface area contributed by atoms with Crippen molar-refractivity contribution in [2.75, 3.05) is 45.0 Å². The van der Waals surface area contributed by atoms with Crippen molar-refractivity contribution in [2.24, 2.45) is 5.73 Å². The molecule has 0 spiro atoms. The molecule has 0 aromatic carbocycles. The number of β-amino-alcohol motifs (C(OH)–C–C–N with tert-alkyl or cyclic N) is 1. The molecule has 96 valence electrons. The summed E-state index contributed by atoms with van der Waals surface area (Å²) in [5.41, 5.74) is 5.49. The van der Waals surface area contributed by atoms with Gasteiger partial charge in [0.25, 0.3) is 0 Å². The summed E-state index contributed by atoms with van der Waals surface area (Å²) in [5.74, 6) is 0.824. The highest BCUT2D eigenvalue weighted by Gasteiger charge is 2.15. The van der Waals surface area contributed by atoms with Crippen molar-refractivity contribution in [3.8, 4) is 0 Å². The molecular weight excluding hydrogens is 222 g/mol. The molecule has 0 aromatic rings. The Hall–Kier alpha value is 0.190. The number of nitrogens with zero attached hydrogens (tertiary/aromatic N) is 1. The van der Waals surface area contributed by atoms with Crippen molar-refractivity contribution in [1.82, 2.24) is 10.2 Å². The zero-order valence-electron chi connectivity index (χ0n) is 10.2. The fraction of sp³-hybridized carbons (Fsp3) is 1.00. The molecule has 1 rings (SSSR count). The van der Waals surface area contributed by atoms with Gasteiger partial charge in [0.15, 0.2) is 0 Å². The van der Waals surface area contributed by atoms with Gasteiger partial charge in [-0.2, -0.15) is 11.8 Å². The van der Waals surface area contributed by atoms with Gasteiger partial charge in [0.05, 0.1) is 6.10 Å². The second kappa shape index (κ2) is 8.31. The maximum absolute atomic E-state index is 9.90. The standard InChI is InChI=1S/C11H25N3OS/c1-10(2-3-12)16-9-11(15)8-14-6-4-13-5-7-14/h10-11,13,15H,2-9,12H2,1H3. The van der Waals surface area contributed by atoms with E-state index < -0.39 is 0 Å². The summed E-state index contributed by atoms with van der Waals surface area (Å²) < 4.78 is 0. The van der Waals surface area contributed by atoms with Crippen LogP contribution >= 0.6 is 11.8 Å². The van der Waals surface area contributed by atoms with E-state index in [0.717, 1.165) is 51.4 Å². The van der Waals surface area contributed by atoms with Gasteiger partial charge in [-0.3, -0.25) is 4.90 Å². The van der Waals surface area contributed by atoms with Crippen LogP contribution in [0.25, 0.3) is 0 Å². The third-order valence-corrected chi connectivity index (χ3v) is 4.21. The van der Waals surface area contributed by atoms with Crippen LogP contribution < -0.4 is 11.1 Å². The van der Waals surface area contributed by atoms with Crippen LogP contribution in [0.15, 0.2) is 0 Å². The zero-order chi connectivity index (χ0) is 11.8. The van der Waals surface area contributed by atoms with E-state index in [9.17, 15) is 5.11 Å². The summed E-state index contributed by atoms with van der Waals surface area (Å²) in [6.45, 7) is 7.92. The summed E-state index contributed by atoms with van der Waals surface area (Å²) in [7, 11) is 0. The number of piperazine rings is 1. The van der Waals surface area contributed by atoms with Crippen LogP contribution in [-0.2, 0) is 0 Å². The highest BCUT2D eigenvalue weighted by atomic mass is 32.2. The van der Waals surface area contributed by atoms with Crippen LogP contribution in [-0.4, -0.2) is 66.4 Å². The topological polar surface area (TPSA) is 61.5 Å². The third-order valence-electron chi connectivity index (χ3n) is 2.82. The molecule has 2 unspecified atom stereocenters. The minimum Gasteiger partial charge on any atom is -0.391 e. The molecule has 1 aliphatic rings. The minimum atomic E-state index is -0.205. The molecule has 1 saturated heterocycles. The first-order valence-electron chi connectivity index (χ1n) is 6.15. The number of thioether (sulfide) groups is 1. The van der Waals surface area contributed by atoms with Crippen molar-refractivity contribution >= 4 is 11.8 Å².